The van der Waals surface area contributed by atoms with Gasteiger partial charge in [0.25, 0.3) is 5.91 Å². The summed E-state index contributed by atoms with van der Waals surface area (Å²) in [5.41, 5.74) is 2.63. The summed E-state index contributed by atoms with van der Waals surface area (Å²) in [5.74, 6) is -8.58. The summed E-state index contributed by atoms with van der Waals surface area (Å²) in [6.45, 7) is 1.98. The molecule has 0 saturated heterocycles. The van der Waals surface area contributed by atoms with Crippen molar-refractivity contribution in [3.8, 4) is 11.1 Å². The number of nitrogens with one attached hydrogen (secondary N) is 2. The number of halogens is 4. The summed E-state index contributed by atoms with van der Waals surface area (Å²) in [6, 6.07) is 13.5. The molecule has 4 nitrogen and oxygen atoms in total. The number of amides is 1. The molecule has 1 heterocycles. The molecule has 1 amide bonds. The molecule has 0 unspecified atom stereocenters. The molecule has 4 rings (SSSR count). The summed E-state index contributed by atoms with van der Waals surface area (Å²) in [7, 11) is 0. The molecule has 8 heteroatoms. The van der Waals surface area contributed by atoms with Crippen molar-refractivity contribution in [2.24, 2.45) is 0 Å². The van der Waals surface area contributed by atoms with E-state index in [1.807, 2.05) is 43.3 Å². The number of carbonyl (C=O) groups is 1. The molecule has 0 spiro atoms. The van der Waals surface area contributed by atoms with E-state index < -0.39 is 34.7 Å². The van der Waals surface area contributed by atoms with Crippen LogP contribution in [0.15, 0.2) is 48.5 Å². The van der Waals surface area contributed by atoms with Crippen molar-refractivity contribution in [3.63, 3.8) is 0 Å². The fraction of sp³-hybridized carbons (Fsp3) is 0.0476. The average molecular weight is 399 g/mol. The molecule has 0 atom stereocenters. The van der Waals surface area contributed by atoms with E-state index in [-0.39, 0.29) is 5.82 Å². The first kappa shape index (κ1) is 18.7. The van der Waals surface area contributed by atoms with Crippen LogP contribution >= 0.6 is 0 Å². The Kier molecular flexibility index (Phi) is 4.54. The number of aromatic nitrogens is 2. The molecule has 0 bridgehead atoms. The van der Waals surface area contributed by atoms with Gasteiger partial charge >= 0.3 is 0 Å². The Morgan fingerprint density at radius 3 is 2.45 bits per heavy atom. The Hall–Kier alpha value is -3.68. The first-order valence-electron chi connectivity index (χ1n) is 8.54. The molecule has 1 aromatic heterocycles. The molecular weight excluding hydrogens is 386 g/mol. The van der Waals surface area contributed by atoms with E-state index in [0.29, 0.717) is 17.0 Å². The van der Waals surface area contributed by atoms with Crippen LogP contribution in [0.25, 0.3) is 22.0 Å². The van der Waals surface area contributed by atoms with Crippen LogP contribution in [0.5, 0.6) is 0 Å². The molecule has 0 fully saturated rings. The van der Waals surface area contributed by atoms with Gasteiger partial charge in [-0.1, -0.05) is 35.9 Å². The van der Waals surface area contributed by atoms with Crippen molar-refractivity contribution in [3.05, 3.63) is 82.9 Å². The summed E-state index contributed by atoms with van der Waals surface area (Å²) < 4.78 is 53.7. The summed E-state index contributed by atoms with van der Waals surface area (Å²) in [4.78, 5) is 12.3. The van der Waals surface area contributed by atoms with Crippen molar-refractivity contribution in [2.75, 3.05) is 5.32 Å². The summed E-state index contributed by atoms with van der Waals surface area (Å²) >= 11 is 0. The minimum absolute atomic E-state index is 0.0466. The minimum Gasteiger partial charge on any atom is -0.304 e. The van der Waals surface area contributed by atoms with Gasteiger partial charge in [0.05, 0.1) is 11.1 Å². The third kappa shape index (κ3) is 3.33. The largest absolute Gasteiger partial charge is 0.304 e. The van der Waals surface area contributed by atoms with Crippen molar-refractivity contribution < 1.29 is 22.4 Å². The zero-order valence-corrected chi connectivity index (χ0v) is 15.0. The first-order valence-corrected chi connectivity index (χ1v) is 8.54. The van der Waals surface area contributed by atoms with E-state index in [1.165, 1.54) is 0 Å². The predicted octanol–water partition coefficient (Wildman–Crippen LogP) is 5.35. The lowest BCUT2D eigenvalue weighted by molar-refractivity contribution is 0.102. The van der Waals surface area contributed by atoms with Gasteiger partial charge in [0.1, 0.15) is 0 Å². The molecule has 0 radical (unpaired) electrons. The van der Waals surface area contributed by atoms with E-state index in [0.717, 1.165) is 16.7 Å². The van der Waals surface area contributed by atoms with Crippen LogP contribution in [0.2, 0.25) is 0 Å². The Balaban J connectivity index is 1.67. The smallest absolute Gasteiger partial charge is 0.260 e. The SMILES string of the molecule is Cc1cccc(-c2ccc3c(NC(=O)c4cc(F)c(F)c(F)c4F)n[nH]c3c2)c1. The van der Waals surface area contributed by atoms with Crippen molar-refractivity contribution in [1.82, 2.24) is 10.2 Å². The predicted molar refractivity (Wildman–Crippen MR) is 100 cm³/mol. The standard InChI is InChI=1S/C21H13F4N3O/c1-10-3-2-4-11(7-10)12-5-6-13-16(8-12)27-28-20(13)26-21(29)14-9-15(22)18(24)19(25)17(14)23/h2-9H,1H3,(H2,26,27,28,29). The van der Waals surface area contributed by atoms with Gasteiger partial charge in [0.2, 0.25) is 0 Å². The lowest BCUT2D eigenvalue weighted by Gasteiger charge is -2.06. The van der Waals surface area contributed by atoms with Gasteiger partial charge in [-0.25, -0.2) is 17.6 Å². The molecule has 29 heavy (non-hydrogen) atoms. The Morgan fingerprint density at radius 2 is 1.69 bits per heavy atom. The molecular formula is C21H13F4N3O. The minimum atomic E-state index is -2.05. The van der Waals surface area contributed by atoms with Crippen LogP contribution in [0.1, 0.15) is 15.9 Å². The Bertz CT molecular complexity index is 1270. The van der Waals surface area contributed by atoms with E-state index >= 15 is 0 Å². The molecule has 0 aliphatic carbocycles. The highest BCUT2D eigenvalue weighted by molar-refractivity contribution is 6.08. The third-order valence-electron chi connectivity index (χ3n) is 4.49. The van der Waals surface area contributed by atoms with Crippen molar-refractivity contribution >= 4 is 22.6 Å². The topological polar surface area (TPSA) is 57.8 Å². The van der Waals surface area contributed by atoms with Gasteiger partial charge in [-0.05, 0) is 36.2 Å². The highest BCUT2D eigenvalue weighted by Gasteiger charge is 2.24. The first-order chi connectivity index (χ1) is 13.8. The molecule has 0 aliphatic rings. The fourth-order valence-electron chi connectivity index (χ4n) is 3.03. The number of carbonyl (C=O) groups excluding carboxylic acids is 1. The fourth-order valence-corrected chi connectivity index (χ4v) is 3.03. The monoisotopic (exact) mass is 399 g/mol. The second kappa shape index (κ2) is 7.05. The number of anilines is 1. The lowest BCUT2D eigenvalue weighted by Crippen LogP contribution is -2.16. The number of aryl methyl sites for hydroxylation is 1. The number of aromatic amines is 1. The van der Waals surface area contributed by atoms with E-state index in [4.69, 9.17) is 0 Å². The van der Waals surface area contributed by atoms with E-state index in [2.05, 4.69) is 15.5 Å². The quantitative estimate of drug-likeness (QED) is 0.277. The normalized spacial score (nSPS) is 11.1. The number of hydrogen-bond acceptors (Lipinski definition) is 2. The second-order valence-electron chi connectivity index (χ2n) is 6.50. The molecule has 146 valence electrons. The van der Waals surface area contributed by atoms with Gasteiger partial charge in [-0.15, -0.1) is 0 Å². The maximum atomic E-state index is 13.8. The number of nitrogens with zero attached hydrogens (tertiary/aromatic N) is 1. The molecule has 4 aromatic rings. The molecule has 2 N–H and O–H groups in total. The number of benzene rings is 3. The molecule has 3 aromatic carbocycles. The highest BCUT2D eigenvalue weighted by atomic mass is 19.2. The van der Waals surface area contributed by atoms with E-state index in [1.54, 1.807) is 6.07 Å². The van der Waals surface area contributed by atoms with Crippen molar-refractivity contribution in [2.45, 2.75) is 6.92 Å². The van der Waals surface area contributed by atoms with E-state index in [9.17, 15) is 22.4 Å². The zero-order valence-electron chi connectivity index (χ0n) is 15.0. The lowest BCUT2D eigenvalue weighted by atomic mass is 10.0. The number of hydrogen-bond donors (Lipinski definition) is 2. The van der Waals surface area contributed by atoms with Gasteiger partial charge in [-0.2, -0.15) is 5.10 Å². The van der Waals surface area contributed by atoms with Crippen LogP contribution in [0.4, 0.5) is 23.4 Å². The number of rotatable bonds is 3. The Labute approximate surface area is 162 Å². The van der Waals surface area contributed by atoms with Crippen LogP contribution in [0.3, 0.4) is 0 Å². The maximum Gasteiger partial charge on any atom is 0.260 e. The van der Waals surface area contributed by atoms with Crippen LogP contribution in [0, 0.1) is 30.2 Å². The second-order valence-corrected chi connectivity index (χ2v) is 6.50. The zero-order chi connectivity index (χ0) is 20.7. The van der Waals surface area contributed by atoms with Gasteiger partial charge in [0.15, 0.2) is 29.1 Å². The highest BCUT2D eigenvalue weighted by Crippen LogP contribution is 2.28. The number of H-pyrrole nitrogens is 1. The maximum absolute atomic E-state index is 13.8. The number of fused-ring (bicyclic) bond motifs is 1. The van der Waals surface area contributed by atoms with Crippen molar-refractivity contribution in [1.29, 1.82) is 0 Å². The average Bonchev–Trinajstić information content (AvgIpc) is 3.11. The van der Waals surface area contributed by atoms with Gasteiger partial charge in [-0.3, -0.25) is 9.89 Å². The third-order valence-corrected chi connectivity index (χ3v) is 4.49. The molecule has 0 aliphatic heterocycles. The van der Waals surface area contributed by atoms with Crippen LogP contribution in [-0.2, 0) is 0 Å². The van der Waals surface area contributed by atoms with Crippen LogP contribution in [-0.4, -0.2) is 16.1 Å². The summed E-state index contributed by atoms with van der Waals surface area (Å²) in [6.07, 6.45) is 0. The van der Waals surface area contributed by atoms with Gasteiger partial charge in [0, 0.05) is 5.39 Å². The van der Waals surface area contributed by atoms with Crippen LogP contribution < -0.4 is 5.32 Å². The molecule has 0 saturated carbocycles. The summed E-state index contributed by atoms with van der Waals surface area (Å²) in [5, 5.41) is 9.51. The Morgan fingerprint density at radius 1 is 0.931 bits per heavy atom. The van der Waals surface area contributed by atoms with Gasteiger partial charge < -0.3 is 5.32 Å².